The fraction of sp³-hybridized carbons (Fsp3) is 0.941. The zero-order valence-corrected chi connectivity index (χ0v) is 13.4. The molecule has 1 N–H and O–H groups in total. The van der Waals surface area contributed by atoms with Crippen LogP contribution in [0.15, 0.2) is 0 Å². The van der Waals surface area contributed by atoms with Crippen LogP contribution >= 0.6 is 0 Å². The summed E-state index contributed by atoms with van der Waals surface area (Å²) in [5.41, 5.74) is 0. The molecule has 2 aliphatic carbocycles. The highest BCUT2D eigenvalue weighted by Crippen LogP contribution is 2.32. The van der Waals surface area contributed by atoms with Gasteiger partial charge in [0, 0.05) is 51.7 Å². The van der Waals surface area contributed by atoms with Crippen LogP contribution in [0.25, 0.3) is 0 Å². The highest BCUT2D eigenvalue weighted by molar-refractivity contribution is 5.76. The molecule has 1 amide bonds. The predicted molar refractivity (Wildman–Crippen MR) is 85.2 cm³/mol. The van der Waals surface area contributed by atoms with Crippen molar-refractivity contribution >= 4 is 5.91 Å². The monoisotopic (exact) mass is 293 g/mol. The van der Waals surface area contributed by atoms with Gasteiger partial charge in [0.05, 0.1) is 0 Å². The van der Waals surface area contributed by atoms with Crippen LogP contribution in [-0.4, -0.2) is 61.0 Å². The van der Waals surface area contributed by atoms with Crippen LogP contribution in [0.5, 0.6) is 0 Å². The lowest BCUT2D eigenvalue weighted by Gasteiger charge is -2.35. The van der Waals surface area contributed by atoms with Crippen molar-refractivity contribution in [3.05, 3.63) is 0 Å². The standard InChI is InChI=1S/C17H31N3O/c21-17(19-12-9-18-10-13-19)8-11-20(14-15-6-7-15)16-4-2-1-3-5-16/h15-16,18H,1-14H2. The van der Waals surface area contributed by atoms with Crippen LogP contribution in [0.2, 0.25) is 0 Å². The number of hydrogen-bond donors (Lipinski definition) is 1. The van der Waals surface area contributed by atoms with Gasteiger partial charge >= 0.3 is 0 Å². The summed E-state index contributed by atoms with van der Waals surface area (Å²) in [6, 6.07) is 0.759. The lowest BCUT2D eigenvalue weighted by molar-refractivity contribution is -0.132. The maximum absolute atomic E-state index is 12.4. The summed E-state index contributed by atoms with van der Waals surface area (Å²) < 4.78 is 0. The molecule has 0 unspecified atom stereocenters. The molecule has 1 heterocycles. The van der Waals surface area contributed by atoms with Crippen molar-refractivity contribution in [2.75, 3.05) is 39.3 Å². The highest BCUT2D eigenvalue weighted by Gasteiger charge is 2.29. The summed E-state index contributed by atoms with van der Waals surface area (Å²) in [5, 5.41) is 3.32. The number of piperazine rings is 1. The van der Waals surface area contributed by atoms with Crippen LogP contribution in [0.3, 0.4) is 0 Å². The molecular weight excluding hydrogens is 262 g/mol. The number of hydrogen-bond acceptors (Lipinski definition) is 3. The Morgan fingerprint density at radius 2 is 1.76 bits per heavy atom. The number of rotatable bonds is 6. The van der Waals surface area contributed by atoms with Crippen LogP contribution in [0.1, 0.15) is 51.4 Å². The molecule has 1 aliphatic heterocycles. The van der Waals surface area contributed by atoms with Crippen molar-refractivity contribution in [2.24, 2.45) is 5.92 Å². The fourth-order valence-electron chi connectivity index (χ4n) is 3.81. The summed E-state index contributed by atoms with van der Waals surface area (Å²) in [7, 11) is 0. The van der Waals surface area contributed by atoms with Gasteiger partial charge in [-0.15, -0.1) is 0 Å². The molecule has 0 bridgehead atoms. The SMILES string of the molecule is O=C(CCN(CC1CC1)C1CCCCC1)N1CCNCC1. The Balaban J connectivity index is 1.47. The Morgan fingerprint density at radius 3 is 2.43 bits per heavy atom. The summed E-state index contributed by atoms with van der Waals surface area (Å²) in [6.45, 7) is 5.94. The molecule has 2 saturated carbocycles. The van der Waals surface area contributed by atoms with Crippen molar-refractivity contribution in [3.63, 3.8) is 0 Å². The van der Waals surface area contributed by atoms with Gasteiger partial charge in [-0.05, 0) is 31.6 Å². The Labute approximate surface area is 129 Å². The van der Waals surface area contributed by atoms with E-state index < -0.39 is 0 Å². The molecule has 0 atom stereocenters. The third-order valence-corrected chi connectivity index (χ3v) is 5.36. The number of amides is 1. The van der Waals surface area contributed by atoms with E-state index >= 15 is 0 Å². The van der Waals surface area contributed by atoms with Gasteiger partial charge in [0.2, 0.25) is 5.91 Å². The maximum Gasteiger partial charge on any atom is 0.223 e. The summed E-state index contributed by atoms with van der Waals surface area (Å²) >= 11 is 0. The zero-order chi connectivity index (χ0) is 14.5. The second-order valence-corrected chi connectivity index (χ2v) is 7.11. The molecule has 4 nitrogen and oxygen atoms in total. The van der Waals surface area contributed by atoms with Crippen molar-refractivity contribution < 1.29 is 4.79 Å². The van der Waals surface area contributed by atoms with Crippen molar-refractivity contribution in [1.82, 2.24) is 15.1 Å². The average molecular weight is 293 g/mol. The minimum absolute atomic E-state index is 0.369. The third-order valence-electron chi connectivity index (χ3n) is 5.36. The summed E-state index contributed by atoms with van der Waals surface area (Å²) in [4.78, 5) is 17.1. The lowest BCUT2D eigenvalue weighted by Crippen LogP contribution is -2.47. The molecule has 4 heteroatoms. The second kappa shape index (κ2) is 7.59. The smallest absolute Gasteiger partial charge is 0.223 e. The van der Waals surface area contributed by atoms with E-state index in [0.29, 0.717) is 5.91 Å². The van der Waals surface area contributed by atoms with Gasteiger partial charge in [0.1, 0.15) is 0 Å². The quantitative estimate of drug-likeness (QED) is 0.812. The van der Waals surface area contributed by atoms with Crippen LogP contribution in [-0.2, 0) is 4.79 Å². The normalized spacial score (nSPS) is 24.5. The number of carbonyl (C=O) groups is 1. The van der Waals surface area contributed by atoms with Gasteiger partial charge in [0.25, 0.3) is 0 Å². The van der Waals surface area contributed by atoms with Crippen LogP contribution < -0.4 is 5.32 Å². The van der Waals surface area contributed by atoms with Crippen LogP contribution in [0, 0.1) is 5.92 Å². The first-order valence-electron chi connectivity index (χ1n) is 9.05. The van der Waals surface area contributed by atoms with Gasteiger partial charge in [-0.3, -0.25) is 9.69 Å². The minimum atomic E-state index is 0.369. The van der Waals surface area contributed by atoms with Gasteiger partial charge < -0.3 is 10.2 Å². The Morgan fingerprint density at radius 1 is 1.05 bits per heavy atom. The van der Waals surface area contributed by atoms with Gasteiger partial charge in [-0.1, -0.05) is 19.3 Å². The highest BCUT2D eigenvalue weighted by atomic mass is 16.2. The summed E-state index contributed by atoms with van der Waals surface area (Å²) in [5.74, 6) is 1.30. The first-order chi connectivity index (χ1) is 10.3. The first kappa shape index (κ1) is 15.3. The van der Waals surface area contributed by atoms with Crippen molar-refractivity contribution in [1.29, 1.82) is 0 Å². The van der Waals surface area contributed by atoms with Crippen molar-refractivity contribution in [3.8, 4) is 0 Å². The lowest BCUT2D eigenvalue weighted by atomic mass is 9.94. The van der Waals surface area contributed by atoms with E-state index in [4.69, 9.17) is 0 Å². The predicted octanol–water partition coefficient (Wildman–Crippen LogP) is 1.85. The Kier molecular flexibility index (Phi) is 5.53. The number of nitrogens with one attached hydrogen (secondary N) is 1. The molecule has 3 rings (SSSR count). The van der Waals surface area contributed by atoms with Crippen LogP contribution in [0.4, 0.5) is 0 Å². The van der Waals surface area contributed by atoms with Gasteiger partial charge in [-0.2, -0.15) is 0 Å². The molecule has 3 fully saturated rings. The molecule has 0 aromatic rings. The Bertz CT molecular complexity index is 331. The second-order valence-electron chi connectivity index (χ2n) is 7.11. The van der Waals surface area contributed by atoms with Gasteiger partial charge in [0.15, 0.2) is 0 Å². The number of carbonyl (C=O) groups excluding carboxylic acids is 1. The van der Waals surface area contributed by atoms with E-state index in [1.807, 2.05) is 4.90 Å². The summed E-state index contributed by atoms with van der Waals surface area (Å²) in [6.07, 6.45) is 10.4. The molecule has 0 spiro atoms. The molecule has 0 aromatic carbocycles. The van der Waals surface area contributed by atoms with E-state index in [9.17, 15) is 4.79 Å². The van der Waals surface area contributed by atoms with E-state index in [-0.39, 0.29) is 0 Å². The van der Waals surface area contributed by atoms with Crippen molar-refractivity contribution in [2.45, 2.75) is 57.4 Å². The van der Waals surface area contributed by atoms with Gasteiger partial charge in [-0.25, -0.2) is 0 Å². The van der Waals surface area contributed by atoms with E-state index in [1.165, 1.54) is 51.5 Å². The topological polar surface area (TPSA) is 35.6 Å². The average Bonchev–Trinajstić information content (AvgIpc) is 3.37. The minimum Gasteiger partial charge on any atom is -0.340 e. The van der Waals surface area contributed by atoms with E-state index in [1.54, 1.807) is 0 Å². The van der Waals surface area contributed by atoms with E-state index in [0.717, 1.165) is 51.1 Å². The molecule has 0 radical (unpaired) electrons. The first-order valence-corrected chi connectivity index (χ1v) is 9.05. The molecule has 120 valence electrons. The number of nitrogens with zero attached hydrogens (tertiary/aromatic N) is 2. The molecule has 1 saturated heterocycles. The molecule has 0 aromatic heterocycles. The van der Waals surface area contributed by atoms with E-state index in [2.05, 4.69) is 10.2 Å². The maximum atomic E-state index is 12.4. The molecule has 21 heavy (non-hydrogen) atoms. The molecular formula is C17H31N3O. The molecule has 3 aliphatic rings. The zero-order valence-electron chi connectivity index (χ0n) is 13.4. The Hall–Kier alpha value is -0.610. The fourth-order valence-corrected chi connectivity index (χ4v) is 3.81. The third kappa shape index (κ3) is 4.68. The largest absolute Gasteiger partial charge is 0.340 e.